The molecule has 0 bridgehead atoms. The van der Waals surface area contributed by atoms with Crippen molar-refractivity contribution in [1.82, 2.24) is 4.31 Å². The van der Waals surface area contributed by atoms with Crippen molar-refractivity contribution >= 4 is 39.3 Å². The van der Waals surface area contributed by atoms with Gasteiger partial charge in [0.25, 0.3) is 0 Å². The van der Waals surface area contributed by atoms with E-state index in [-0.39, 0.29) is 23.3 Å². The Bertz CT molecular complexity index is 1110. The molecule has 2 heterocycles. The van der Waals surface area contributed by atoms with E-state index < -0.39 is 16.0 Å². The summed E-state index contributed by atoms with van der Waals surface area (Å²) in [5, 5.41) is 0. The van der Waals surface area contributed by atoms with Crippen molar-refractivity contribution in [3.05, 3.63) is 54.1 Å². The minimum atomic E-state index is -3.69. The zero-order valence-corrected chi connectivity index (χ0v) is 20.2. The number of thioether (sulfide) groups is 1. The fraction of sp³-hybridized carbons (Fsp3) is 0.417. The summed E-state index contributed by atoms with van der Waals surface area (Å²) in [6.07, 6.45) is 1.91. The molecule has 1 amide bonds. The summed E-state index contributed by atoms with van der Waals surface area (Å²) < 4.78 is 32.6. The molecule has 7 nitrogen and oxygen atoms in total. The van der Waals surface area contributed by atoms with E-state index in [4.69, 9.17) is 4.74 Å². The van der Waals surface area contributed by atoms with Crippen LogP contribution >= 0.6 is 11.8 Å². The molecule has 176 valence electrons. The highest BCUT2D eigenvalue weighted by Crippen LogP contribution is 2.35. The SMILES string of the molecule is CCOC(=O)c1ccc(S(=O)(=O)N2CCC(C(=O)N3CCCSc4ccccc43)CC2)cc1. The Hall–Kier alpha value is -2.36. The molecule has 0 N–H and O–H groups in total. The molecule has 2 aliphatic rings. The van der Waals surface area contributed by atoms with Crippen LogP contribution < -0.4 is 4.90 Å². The number of piperidine rings is 1. The second-order valence-electron chi connectivity index (χ2n) is 8.08. The third-order valence-corrected chi connectivity index (χ3v) is 9.07. The summed E-state index contributed by atoms with van der Waals surface area (Å²) in [5.41, 5.74) is 1.28. The standard InChI is InChI=1S/C24H28N2O5S2/c1-2-31-24(28)19-8-10-20(11-9-19)33(29,30)25-15-12-18(13-16-25)23(27)26-14-5-17-32-22-7-4-3-6-21(22)26/h3-4,6-11,18H,2,5,12-17H2,1H3. The van der Waals surface area contributed by atoms with Gasteiger partial charge in [-0.25, -0.2) is 13.2 Å². The summed E-state index contributed by atoms with van der Waals surface area (Å²) >= 11 is 1.77. The maximum Gasteiger partial charge on any atom is 0.338 e. The van der Waals surface area contributed by atoms with Gasteiger partial charge in [-0.1, -0.05) is 12.1 Å². The first-order chi connectivity index (χ1) is 15.9. The normalized spacial score (nSPS) is 17.8. The average molecular weight is 489 g/mol. The Balaban J connectivity index is 1.42. The smallest absolute Gasteiger partial charge is 0.338 e. The van der Waals surface area contributed by atoms with Crippen LogP contribution in [-0.2, 0) is 19.6 Å². The van der Waals surface area contributed by atoms with Gasteiger partial charge in [0.1, 0.15) is 0 Å². The van der Waals surface area contributed by atoms with Crippen molar-refractivity contribution in [2.24, 2.45) is 5.92 Å². The quantitative estimate of drug-likeness (QED) is 0.596. The van der Waals surface area contributed by atoms with Gasteiger partial charge < -0.3 is 9.64 Å². The Kier molecular flexibility index (Phi) is 7.41. The topological polar surface area (TPSA) is 84.0 Å². The average Bonchev–Trinajstić information content (AvgIpc) is 3.06. The minimum Gasteiger partial charge on any atom is -0.462 e. The Morgan fingerprint density at radius 1 is 1.03 bits per heavy atom. The highest BCUT2D eigenvalue weighted by molar-refractivity contribution is 7.99. The second kappa shape index (κ2) is 10.3. The van der Waals surface area contributed by atoms with Gasteiger partial charge in [0, 0.05) is 30.4 Å². The largest absolute Gasteiger partial charge is 0.462 e. The van der Waals surface area contributed by atoms with Gasteiger partial charge >= 0.3 is 5.97 Å². The van der Waals surface area contributed by atoms with E-state index in [1.165, 1.54) is 28.6 Å². The first-order valence-electron chi connectivity index (χ1n) is 11.2. The van der Waals surface area contributed by atoms with E-state index in [0.717, 1.165) is 22.8 Å². The highest BCUT2D eigenvalue weighted by atomic mass is 32.2. The van der Waals surface area contributed by atoms with Gasteiger partial charge in [-0.3, -0.25) is 4.79 Å². The third-order valence-electron chi connectivity index (χ3n) is 6.01. The number of sulfonamides is 1. The monoisotopic (exact) mass is 488 g/mol. The van der Waals surface area contributed by atoms with Crippen LogP contribution in [0.4, 0.5) is 5.69 Å². The van der Waals surface area contributed by atoms with Crippen LogP contribution in [0.1, 0.15) is 36.5 Å². The lowest BCUT2D eigenvalue weighted by atomic mass is 9.96. The highest BCUT2D eigenvalue weighted by Gasteiger charge is 2.35. The molecule has 0 radical (unpaired) electrons. The number of hydrogen-bond acceptors (Lipinski definition) is 6. The first kappa shape index (κ1) is 23.8. The van der Waals surface area contributed by atoms with E-state index >= 15 is 0 Å². The Labute approximate surface area is 199 Å². The summed E-state index contributed by atoms with van der Waals surface area (Å²) in [5.74, 6) is 0.390. The number of ether oxygens (including phenoxy) is 1. The molecule has 2 aromatic carbocycles. The Morgan fingerprint density at radius 2 is 1.73 bits per heavy atom. The molecule has 0 atom stereocenters. The van der Waals surface area contributed by atoms with Crippen LogP contribution in [0.15, 0.2) is 58.3 Å². The van der Waals surface area contributed by atoms with E-state index in [1.54, 1.807) is 18.7 Å². The fourth-order valence-electron chi connectivity index (χ4n) is 4.25. The lowest BCUT2D eigenvalue weighted by molar-refractivity contribution is -0.123. The number of amides is 1. The van der Waals surface area contributed by atoms with Gasteiger partial charge in [-0.05, 0) is 68.3 Å². The van der Waals surface area contributed by atoms with Crippen LogP contribution in [0, 0.1) is 5.92 Å². The fourth-order valence-corrected chi connectivity index (χ4v) is 6.71. The van der Waals surface area contributed by atoms with Gasteiger partial charge in [-0.2, -0.15) is 4.31 Å². The zero-order valence-electron chi connectivity index (χ0n) is 18.6. The minimum absolute atomic E-state index is 0.0841. The van der Waals surface area contributed by atoms with Crippen LogP contribution in [-0.4, -0.2) is 56.6 Å². The number of carbonyl (C=O) groups excluding carboxylic acids is 2. The van der Waals surface area contributed by atoms with Crippen molar-refractivity contribution in [3.8, 4) is 0 Å². The van der Waals surface area contributed by atoms with Crippen LogP contribution in [0.25, 0.3) is 0 Å². The molecule has 2 aromatic rings. The maximum atomic E-state index is 13.4. The number of esters is 1. The number of rotatable bonds is 5. The molecule has 0 spiro atoms. The van der Waals surface area contributed by atoms with Crippen LogP contribution in [0.5, 0.6) is 0 Å². The predicted octanol–water partition coefficient (Wildman–Crippen LogP) is 3.79. The van der Waals surface area contributed by atoms with E-state index in [1.807, 2.05) is 29.2 Å². The summed E-state index contributed by atoms with van der Waals surface area (Å²) in [6, 6.07) is 13.8. The van der Waals surface area contributed by atoms with Gasteiger partial charge in [0.15, 0.2) is 0 Å². The first-order valence-corrected chi connectivity index (χ1v) is 13.6. The molecule has 0 unspecified atom stereocenters. The van der Waals surface area contributed by atoms with E-state index in [2.05, 4.69) is 0 Å². The lowest BCUT2D eigenvalue weighted by Gasteiger charge is -2.33. The third kappa shape index (κ3) is 5.10. The van der Waals surface area contributed by atoms with Gasteiger partial charge in [-0.15, -0.1) is 11.8 Å². The van der Waals surface area contributed by atoms with Crippen LogP contribution in [0.2, 0.25) is 0 Å². The van der Waals surface area contributed by atoms with E-state index in [0.29, 0.717) is 38.0 Å². The summed E-state index contributed by atoms with van der Waals surface area (Å²) in [7, 11) is -3.69. The van der Waals surface area contributed by atoms with Crippen molar-refractivity contribution < 1.29 is 22.7 Å². The van der Waals surface area contributed by atoms with Gasteiger partial charge in [0.05, 0.1) is 22.8 Å². The number of para-hydroxylation sites is 1. The molecular weight excluding hydrogens is 460 g/mol. The Morgan fingerprint density at radius 3 is 2.42 bits per heavy atom. The molecule has 0 saturated carbocycles. The van der Waals surface area contributed by atoms with Crippen LogP contribution in [0.3, 0.4) is 0 Å². The number of hydrogen-bond donors (Lipinski definition) is 0. The molecule has 1 saturated heterocycles. The molecule has 4 rings (SSSR count). The van der Waals surface area contributed by atoms with E-state index in [9.17, 15) is 18.0 Å². The summed E-state index contributed by atoms with van der Waals surface area (Å²) in [6.45, 7) is 3.25. The number of anilines is 1. The molecular formula is C24H28N2O5S2. The molecule has 9 heteroatoms. The molecule has 0 aromatic heterocycles. The number of fused-ring (bicyclic) bond motifs is 1. The molecule has 1 fully saturated rings. The van der Waals surface area contributed by atoms with Crippen molar-refractivity contribution in [3.63, 3.8) is 0 Å². The van der Waals surface area contributed by atoms with Crippen molar-refractivity contribution in [2.75, 3.05) is 36.9 Å². The maximum absolute atomic E-state index is 13.4. The lowest BCUT2D eigenvalue weighted by Crippen LogP contribution is -2.44. The number of nitrogens with zero attached hydrogens (tertiary/aromatic N) is 2. The summed E-state index contributed by atoms with van der Waals surface area (Å²) in [4.78, 5) is 28.3. The predicted molar refractivity (Wildman–Crippen MR) is 128 cm³/mol. The molecule has 33 heavy (non-hydrogen) atoms. The number of carbonyl (C=O) groups is 2. The van der Waals surface area contributed by atoms with Crippen molar-refractivity contribution in [1.29, 1.82) is 0 Å². The number of benzene rings is 2. The molecule has 0 aliphatic carbocycles. The molecule has 2 aliphatic heterocycles. The second-order valence-corrected chi connectivity index (χ2v) is 11.2. The van der Waals surface area contributed by atoms with Gasteiger partial charge in [0.2, 0.25) is 15.9 Å². The zero-order chi connectivity index (χ0) is 23.4. The van der Waals surface area contributed by atoms with Crippen molar-refractivity contribution in [2.45, 2.75) is 36.0 Å².